The third-order valence-electron chi connectivity index (χ3n) is 3.01. The van der Waals surface area contributed by atoms with Crippen LogP contribution < -0.4 is 4.90 Å². The van der Waals surface area contributed by atoms with Gasteiger partial charge in [-0.1, -0.05) is 11.6 Å². The molecule has 1 heterocycles. The summed E-state index contributed by atoms with van der Waals surface area (Å²) >= 11 is 5.63. The SMILES string of the molecule is CN(C(=O)O)c1ccc(C(F)(F)F)nc1-c1ccc(F)c(Cl)c1. The zero-order valence-electron chi connectivity index (χ0n) is 11.5. The number of benzene rings is 1. The Kier molecular flexibility index (Phi) is 4.46. The van der Waals surface area contributed by atoms with E-state index in [1.165, 1.54) is 6.07 Å². The third-order valence-corrected chi connectivity index (χ3v) is 3.30. The van der Waals surface area contributed by atoms with Crippen molar-refractivity contribution in [2.75, 3.05) is 11.9 Å². The molecular weight excluding hydrogens is 340 g/mol. The second kappa shape index (κ2) is 6.04. The van der Waals surface area contributed by atoms with Gasteiger partial charge in [0.2, 0.25) is 0 Å². The zero-order chi connectivity index (χ0) is 17.4. The average molecular weight is 349 g/mol. The van der Waals surface area contributed by atoms with Gasteiger partial charge in [-0.2, -0.15) is 13.2 Å². The fraction of sp³-hybridized carbons (Fsp3) is 0.143. The van der Waals surface area contributed by atoms with Crippen LogP contribution in [0.3, 0.4) is 0 Å². The first-order chi connectivity index (χ1) is 10.6. The lowest BCUT2D eigenvalue weighted by atomic mass is 10.1. The minimum Gasteiger partial charge on any atom is -0.465 e. The van der Waals surface area contributed by atoms with Gasteiger partial charge >= 0.3 is 12.3 Å². The lowest BCUT2D eigenvalue weighted by Gasteiger charge is -2.18. The van der Waals surface area contributed by atoms with Crippen molar-refractivity contribution < 1.29 is 27.5 Å². The molecule has 0 atom stereocenters. The molecule has 2 aromatic rings. The van der Waals surface area contributed by atoms with Crippen molar-refractivity contribution in [2.24, 2.45) is 0 Å². The summed E-state index contributed by atoms with van der Waals surface area (Å²) in [5.74, 6) is -0.754. The maximum Gasteiger partial charge on any atom is 0.433 e. The van der Waals surface area contributed by atoms with Crippen molar-refractivity contribution in [3.63, 3.8) is 0 Å². The quantitative estimate of drug-likeness (QED) is 0.802. The molecule has 1 aromatic heterocycles. The first kappa shape index (κ1) is 17.0. The highest BCUT2D eigenvalue weighted by atomic mass is 35.5. The molecule has 0 bridgehead atoms. The summed E-state index contributed by atoms with van der Waals surface area (Å²) in [6, 6.07) is 4.87. The van der Waals surface area contributed by atoms with E-state index >= 15 is 0 Å². The molecule has 0 fully saturated rings. The minimum atomic E-state index is -4.71. The van der Waals surface area contributed by atoms with Crippen LogP contribution in [-0.4, -0.2) is 23.2 Å². The van der Waals surface area contributed by atoms with Crippen LogP contribution in [0.2, 0.25) is 5.02 Å². The van der Waals surface area contributed by atoms with Crippen molar-refractivity contribution in [3.05, 3.63) is 46.9 Å². The summed E-state index contributed by atoms with van der Waals surface area (Å²) in [6.45, 7) is 0. The normalized spacial score (nSPS) is 11.4. The van der Waals surface area contributed by atoms with Crippen molar-refractivity contribution in [3.8, 4) is 11.3 Å². The minimum absolute atomic E-state index is 0.0607. The summed E-state index contributed by atoms with van der Waals surface area (Å²) in [4.78, 5) is 15.3. The van der Waals surface area contributed by atoms with E-state index in [1.54, 1.807) is 0 Å². The summed E-state index contributed by atoms with van der Waals surface area (Å²) in [7, 11) is 1.15. The number of nitrogens with zero attached hydrogens (tertiary/aromatic N) is 2. The highest BCUT2D eigenvalue weighted by Crippen LogP contribution is 2.35. The molecule has 2 rings (SSSR count). The summed E-state index contributed by atoms with van der Waals surface area (Å²) in [5, 5.41) is 8.71. The molecule has 9 heteroatoms. The van der Waals surface area contributed by atoms with E-state index in [9.17, 15) is 22.4 Å². The number of alkyl halides is 3. The second-order valence-electron chi connectivity index (χ2n) is 4.53. The molecule has 1 amide bonds. The van der Waals surface area contributed by atoms with Crippen molar-refractivity contribution in [1.29, 1.82) is 0 Å². The third kappa shape index (κ3) is 3.53. The van der Waals surface area contributed by atoms with Crippen LogP contribution in [-0.2, 0) is 6.18 Å². The van der Waals surface area contributed by atoms with E-state index < -0.39 is 23.8 Å². The molecule has 0 aliphatic rings. The lowest BCUT2D eigenvalue weighted by Crippen LogP contribution is -2.25. The first-order valence-electron chi connectivity index (χ1n) is 6.11. The van der Waals surface area contributed by atoms with Crippen molar-refractivity contribution >= 4 is 23.4 Å². The number of pyridine rings is 1. The Morgan fingerprint density at radius 2 is 1.91 bits per heavy atom. The molecule has 0 saturated heterocycles. The van der Waals surface area contributed by atoms with E-state index in [0.717, 1.165) is 25.2 Å². The van der Waals surface area contributed by atoms with Gasteiger partial charge in [-0.15, -0.1) is 0 Å². The smallest absolute Gasteiger partial charge is 0.433 e. The molecule has 0 spiro atoms. The molecule has 23 heavy (non-hydrogen) atoms. The molecule has 0 radical (unpaired) electrons. The monoisotopic (exact) mass is 348 g/mol. The topological polar surface area (TPSA) is 53.4 Å². The zero-order valence-corrected chi connectivity index (χ0v) is 12.3. The van der Waals surface area contributed by atoms with Gasteiger partial charge in [-0.25, -0.2) is 14.2 Å². The number of amides is 1. The predicted octanol–water partition coefficient (Wildman–Crippen LogP) is 4.67. The molecule has 1 aromatic carbocycles. The van der Waals surface area contributed by atoms with Crippen LogP contribution in [0, 0.1) is 5.82 Å². The largest absolute Gasteiger partial charge is 0.465 e. The van der Waals surface area contributed by atoms with E-state index in [2.05, 4.69) is 4.98 Å². The van der Waals surface area contributed by atoms with Gasteiger partial charge in [0.25, 0.3) is 0 Å². The van der Waals surface area contributed by atoms with Crippen LogP contribution in [0.5, 0.6) is 0 Å². The van der Waals surface area contributed by atoms with Gasteiger partial charge in [0.15, 0.2) is 0 Å². The maximum absolute atomic E-state index is 13.2. The predicted molar refractivity (Wildman–Crippen MR) is 76.1 cm³/mol. The van der Waals surface area contributed by atoms with E-state index in [4.69, 9.17) is 16.7 Å². The Hall–Kier alpha value is -2.35. The van der Waals surface area contributed by atoms with E-state index in [0.29, 0.717) is 11.0 Å². The molecule has 0 unspecified atom stereocenters. The number of carbonyl (C=O) groups is 1. The lowest BCUT2D eigenvalue weighted by molar-refractivity contribution is -0.141. The molecular formula is C14H9ClF4N2O2. The molecule has 4 nitrogen and oxygen atoms in total. The van der Waals surface area contributed by atoms with Crippen LogP contribution in [0.25, 0.3) is 11.3 Å². The fourth-order valence-corrected chi connectivity index (χ4v) is 2.02. The average Bonchev–Trinajstić information content (AvgIpc) is 2.47. The van der Waals surface area contributed by atoms with Gasteiger partial charge in [-0.3, -0.25) is 4.90 Å². The van der Waals surface area contributed by atoms with E-state index in [-0.39, 0.29) is 22.0 Å². The van der Waals surface area contributed by atoms with Crippen LogP contribution in [0.4, 0.5) is 28.0 Å². The van der Waals surface area contributed by atoms with Gasteiger partial charge < -0.3 is 5.11 Å². The Balaban J connectivity index is 2.69. The molecule has 0 aliphatic carbocycles. The Morgan fingerprint density at radius 1 is 1.26 bits per heavy atom. The number of rotatable bonds is 2. The highest BCUT2D eigenvalue weighted by molar-refractivity contribution is 6.31. The molecule has 0 saturated carbocycles. The first-order valence-corrected chi connectivity index (χ1v) is 6.49. The van der Waals surface area contributed by atoms with Gasteiger partial charge in [-0.05, 0) is 30.3 Å². The number of anilines is 1. The van der Waals surface area contributed by atoms with Crippen LogP contribution in [0.15, 0.2) is 30.3 Å². The van der Waals surface area contributed by atoms with Gasteiger partial charge in [0.1, 0.15) is 11.5 Å². The number of hydrogen-bond donors (Lipinski definition) is 1. The van der Waals surface area contributed by atoms with Crippen LogP contribution >= 0.6 is 11.6 Å². The molecule has 1 N–H and O–H groups in total. The highest BCUT2D eigenvalue weighted by Gasteiger charge is 2.33. The summed E-state index contributed by atoms with van der Waals surface area (Å²) in [6.07, 6.45) is -6.10. The molecule has 122 valence electrons. The standard InChI is InChI=1S/C14H9ClF4N2O2/c1-21(13(22)23)10-4-5-11(14(17,18)19)20-12(10)7-2-3-9(16)8(15)6-7/h2-6H,1H3,(H,22,23). The Labute approximate surface area is 132 Å². The Morgan fingerprint density at radius 3 is 2.43 bits per heavy atom. The fourth-order valence-electron chi connectivity index (χ4n) is 1.84. The molecule has 0 aliphatic heterocycles. The number of halogens is 5. The van der Waals surface area contributed by atoms with Crippen molar-refractivity contribution in [1.82, 2.24) is 4.98 Å². The van der Waals surface area contributed by atoms with Crippen molar-refractivity contribution in [2.45, 2.75) is 6.18 Å². The number of hydrogen-bond acceptors (Lipinski definition) is 2. The Bertz CT molecular complexity index is 765. The summed E-state index contributed by atoms with van der Waals surface area (Å²) < 4.78 is 51.8. The summed E-state index contributed by atoms with van der Waals surface area (Å²) in [5.41, 5.74) is -1.50. The number of aromatic nitrogens is 1. The van der Waals surface area contributed by atoms with Crippen LogP contribution in [0.1, 0.15) is 5.69 Å². The van der Waals surface area contributed by atoms with E-state index in [1.807, 2.05) is 0 Å². The number of carboxylic acid groups (broad SMARTS) is 1. The van der Waals surface area contributed by atoms with Gasteiger partial charge in [0.05, 0.1) is 16.4 Å². The second-order valence-corrected chi connectivity index (χ2v) is 4.94. The maximum atomic E-state index is 13.2. The van der Waals surface area contributed by atoms with Gasteiger partial charge in [0, 0.05) is 12.6 Å².